The van der Waals surface area contributed by atoms with Gasteiger partial charge in [0.05, 0.1) is 5.69 Å². The Labute approximate surface area is 109 Å². The minimum atomic E-state index is 0.905. The summed E-state index contributed by atoms with van der Waals surface area (Å²) in [5, 5.41) is 7.80. The van der Waals surface area contributed by atoms with Gasteiger partial charge in [-0.25, -0.2) is 0 Å². The zero-order valence-corrected chi connectivity index (χ0v) is 11.0. The van der Waals surface area contributed by atoms with Gasteiger partial charge in [0.15, 0.2) is 0 Å². The van der Waals surface area contributed by atoms with E-state index in [2.05, 4.69) is 58.4 Å². The second kappa shape index (κ2) is 6.97. The fraction of sp³-hybridized carbons (Fsp3) is 0.400. The van der Waals surface area contributed by atoms with Crippen molar-refractivity contribution in [2.45, 2.75) is 32.9 Å². The summed E-state index contributed by atoms with van der Waals surface area (Å²) < 4.78 is 2.09. The lowest BCUT2D eigenvalue weighted by Gasteiger charge is -2.08. The summed E-state index contributed by atoms with van der Waals surface area (Å²) >= 11 is 0. The van der Waals surface area contributed by atoms with Crippen LogP contribution in [-0.2, 0) is 19.5 Å². The second-order valence-corrected chi connectivity index (χ2v) is 4.46. The van der Waals surface area contributed by atoms with E-state index in [1.807, 2.05) is 6.20 Å². The van der Waals surface area contributed by atoms with E-state index in [0.717, 1.165) is 32.5 Å². The average molecular weight is 243 g/mol. The van der Waals surface area contributed by atoms with Gasteiger partial charge >= 0.3 is 0 Å². The molecule has 0 bridgehead atoms. The normalized spacial score (nSPS) is 10.7. The van der Waals surface area contributed by atoms with E-state index >= 15 is 0 Å². The molecule has 1 aromatic heterocycles. The minimum absolute atomic E-state index is 0.905. The Morgan fingerprint density at radius 2 is 2.00 bits per heavy atom. The number of benzene rings is 1. The summed E-state index contributed by atoms with van der Waals surface area (Å²) in [6.45, 7) is 5.09. The first-order chi connectivity index (χ1) is 8.90. The van der Waals surface area contributed by atoms with Gasteiger partial charge in [0.1, 0.15) is 0 Å². The molecule has 0 aliphatic carbocycles. The molecule has 0 fully saturated rings. The predicted molar refractivity (Wildman–Crippen MR) is 74.4 cm³/mol. The smallest absolute Gasteiger partial charge is 0.0522 e. The Balaban J connectivity index is 1.87. The van der Waals surface area contributed by atoms with Gasteiger partial charge in [0.25, 0.3) is 0 Å². The Morgan fingerprint density at radius 3 is 2.78 bits per heavy atom. The highest BCUT2D eigenvalue weighted by molar-refractivity contribution is 5.14. The number of nitrogens with one attached hydrogen (secondary N) is 1. The SMILES string of the molecule is CCCNCc1ccnn1CCc1ccccc1. The lowest BCUT2D eigenvalue weighted by atomic mass is 10.1. The van der Waals surface area contributed by atoms with Crippen molar-refractivity contribution < 1.29 is 0 Å². The van der Waals surface area contributed by atoms with E-state index < -0.39 is 0 Å². The summed E-state index contributed by atoms with van der Waals surface area (Å²) in [4.78, 5) is 0. The molecule has 0 saturated carbocycles. The summed E-state index contributed by atoms with van der Waals surface area (Å²) in [5.74, 6) is 0. The number of rotatable bonds is 7. The van der Waals surface area contributed by atoms with E-state index in [-0.39, 0.29) is 0 Å². The second-order valence-electron chi connectivity index (χ2n) is 4.46. The van der Waals surface area contributed by atoms with E-state index in [1.54, 1.807) is 0 Å². The fourth-order valence-electron chi connectivity index (χ4n) is 1.98. The van der Waals surface area contributed by atoms with Crippen molar-refractivity contribution in [1.29, 1.82) is 0 Å². The first-order valence-corrected chi connectivity index (χ1v) is 6.65. The van der Waals surface area contributed by atoms with Crippen molar-refractivity contribution in [2.24, 2.45) is 0 Å². The maximum absolute atomic E-state index is 4.39. The molecular weight excluding hydrogens is 222 g/mol. The first kappa shape index (κ1) is 12.8. The Kier molecular flexibility index (Phi) is 4.97. The Morgan fingerprint density at radius 1 is 1.17 bits per heavy atom. The lowest BCUT2D eigenvalue weighted by molar-refractivity contribution is 0.556. The summed E-state index contributed by atoms with van der Waals surface area (Å²) in [6.07, 6.45) is 4.08. The molecule has 0 atom stereocenters. The zero-order valence-electron chi connectivity index (χ0n) is 11.0. The van der Waals surface area contributed by atoms with Crippen molar-refractivity contribution in [3.05, 3.63) is 53.9 Å². The number of aromatic nitrogens is 2. The molecule has 0 aliphatic rings. The number of hydrogen-bond acceptors (Lipinski definition) is 2. The Hall–Kier alpha value is -1.61. The topological polar surface area (TPSA) is 29.9 Å². The van der Waals surface area contributed by atoms with Crippen LogP contribution in [0.15, 0.2) is 42.6 Å². The minimum Gasteiger partial charge on any atom is -0.311 e. The average Bonchev–Trinajstić information content (AvgIpc) is 2.86. The van der Waals surface area contributed by atoms with Gasteiger partial charge in [-0.1, -0.05) is 37.3 Å². The molecular formula is C15H21N3. The van der Waals surface area contributed by atoms with Crippen molar-refractivity contribution in [3.8, 4) is 0 Å². The molecule has 18 heavy (non-hydrogen) atoms. The van der Waals surface area contributed by atoms with Crippen LogP contribution in [0.4, 0.5) is 0 Å². The number of hydrogen-bond donors (Lipinski definition) is 1. The van der Waals surface area contributed by atoms with Crippen molar-refractivity contribution in [2.75, 3.05) is 6.54 Å². The van der Waals surface area contributed by atoms with Crippen molar-refractivity contribution >= 4 is 0 Å². The molecule has 0 radical (unpaired) electrons. The van der Waals surface area contributed by atoms with Crippen LogP contribution in [0, 0.1) is 0 Å². The van der Waals surface area contributed by atoms with Gasteiger partial charge in [0.2, 0.25) is 0 Å². The third kappa shape index (κ3) is 3.70. The van der Waals surface area contributed by atoms with Gasteiger partial charge < -0.3 is 5.32 Å². The number of aryl methyl sites for hydroxylation is 2. The molecule has 0 saturated heterocycles. The third-order valence-electron chi connectivity index (χ3n) is 2.99. The fourth-order valence-corrected chi connectivity index (χ4v) is 1.98. The quantitative estimate of drug-likeness (QED) is 0.758. The lowest BCUT2D eigenvalue weighted by Crippen LogP contribution is -2.18. The van der Waals surface area contributed by atoms with E-state index in [9.17, 15) is 0 Å². The standard InChI is InChI=1S/C15H21N3/c1-2-10-16-13-15-8-11-17-18(15)12-9-14-6-4-3-5-7-14/h3-8,11,16H,2,9-10,12-13H2,1H3. The molecule has 2 aromatic rings. The van der Waals surface area contributed by atoms with Crippen LogP contribution in [0.2, 0.25) is 0 Å². The highest BCUT2D eigenvalue weighted by atomic mass is 15.3. The van der Waals surface area contributed by atoms with Crippen LogP contribution in [0.3, 0.4) is 0 Å². The van der Waals surface area contributed by atoms with Crippen LogP contribution < -0.4 is 5.32 Å². The highest BCUT2D eigenvalue weighted by Crippen LogP contribution is 2.04. The molecule has 1 N–H and O–H groups in total. The Bertz CT molecular complexity index is 448. The van der Waals surface area contributed by atoms with E-state index in [4.69, 9.17) is 0 Å². The van der Waals surface area contributed by atoms with E-state index in [1.165, 1.54) is 11.3 Å². The van der Waals surface area contributed by atoms with Crippen molar-refractivity contribution in [1.82, 2.24) is 15.1 Å². The third-order valence-corrected chi connectivity index (χ3v) is 2.99. The molecule has 0 aliphatic heterocycles. The highest BCUT2D eigenvalue weighted by Gasteiger charge is 2.02. The van der Waals surface area contributed by atoms with Gasteiger partial charge in [-0.2, -0.15) is 5.10 Å². The van der Waals surface area contributed by atoms with Crippen LogP contribution in [0.1, 0.15) is 24.6 Å². The largest absolute Gasteiger partial charge is 0.311 e. The van der Waals surface area contributed by atoms with Gasteiger partial charge in [0, 0.05) is 19.3 Å². The summed E-state index contributed by atoms with van der Waals surface area (Å²) in [5.41, 5.74) is 2.62. The van der Waals surface area contributed by atoms with Gasteiger partial charge in [-0.15, -0.1) is 0 Å². The number of nitrogens with zero attached hydrogens (tertiary/aromatic N) is 2. The molecule has 96 valence electrons. The molecule has 1 aromatic carbocycles. The van der Waals surface area contributed by atoms with Gasteiger partial charge in [-0.3, -0.25) is 4.68 Å². The zero-order chi connectivity index (χ0) is 12.6. The van der Waals surface area contributed by atoms with E-state index in [0.29, 0.717) is 0 Å². The van der Waals surface area contributed by atoms with Crippen LogP contribution in [-0.4, -0.2) is 16.3 Å². The molecule has 3 heteroatoms. The van der Waals surface area contributed by atoms with Crippen LogP contribution >= 0.6 is 0 Å². The van der Waals surface area contributed by atoms with Crippen LogP contribution in [0.25, 0.3) is 0 Å². The first-order valence-electron chi connectivity index (χ1n) is 6.65. The summed E-state index contributed by atoms with van der Waals surface area (Å²) in [6, 6.07) is 12.6. The molecule has 0 amide bonds. The molecule has 0 unspecified atom stereocenters. The summed E-state index contributed by atoms with van der Waals surface area (Å²) in [7, 11) is 0. The van der Waals surface area contributed by atoms with Gasteiger partial charge in [-0.05, 0) is 31.0 Å². The molecule has 3 nitrogen and oxygen atoms in total. The van der Waals surface area contributed by atoms with Crippen molar-refractivity contribution in [3.63, 3.8) is 0 Å². The maximum Gasteiger partial charge on any atom is 0.0522 e. The molecule has 0 spiro atoms. The monoisotopic (exact) mass is 243 g/mol. The predicted octanol–water partition coefficient (Wildman–Crippen LogP) is 2.63. The maximum atomic E-state index is 4.39. The molecule has 1 heterocycles. The molecule has 2 rings (SSSR count). The van der Waals surface area contributed by atoms with Crippen LogP contribution in [0.5, 0.6) is 0 Å².